The number of ether oxygens (including phenoxy) is 1. The molecular weight excluding hydrogens is 226 g/mol. The molecule has 2 N–H and O–H groups in total. The zero-order valence-electron chi connectivity index (χ0n) is 11.9. The predicted molar refractivity (Wildman–Crippen MR) is 73.6 cm³/mol. The molecule has 0 heterocycles. The molecule has 0 spiro atoms. The van der Waals surface area contributed by atoms with Gasteiger partial charge in [0.05, 0.1) is 5.41 Å². The minimum atomic E-state index is -0.662. The Morgan fingerprint density at radius 2 is 1.72 bits per heavy atom. The van der Waals surface area contributed by atoms with Gasteiger partial charge in [-0.2, -0.15) is 0 Å². The Morgan fingerprint density at radius 3 is 2.22 bits per heavy atom. The SMILES string of the molecule is CC(C)(COc1ccccc1C(C)(C)C)C(N)=O. The van der Waals surface area contributed by atoms with E-state index in [2.05, 4.69) is 20.8 Å². The number of para-hydroxylation sites is 1. The van der Waals surface area contributed by atoms with Gasteiger partial charge in [-0.3, -0.25) is 4.79 Å². The monoisotopic (exact) mass is 249 g/mol. The highest BCUT2D eigenvalue weighted by Gasteiger charge is 2.27. The second kappa shape index (κ2) is 5.01. The minimum absolute atomic E-state index is 0.00740. The van der Waals surface area contributed by atoms with Crippen LogP contribution in [0.1, 0.15) is 40.2 Å². The largest absolute Gasteiger partial charge is 0.492 e. The van der Waals surface area contributed by atoms with Gasteiger partial charge in [-0.25, -0.2) is 0 Å². The van der Waals surface area contributed by atoms with E-state index in [1.165, 1.54) is 0 Å². The van der Waals surface area contributed by atoms with Gasteiger partial charge in [-0.05, 0) is 30.9 Å². The molecule has 100 valence electrons. The van der Waals surface area contributed by atoms with Crippen molar-refractivity contribution < 1.29 is 9.53 Å². The fourth-order valence-electron chi connectivity index (χ4n) is 1.54. The maximum atomic E-state index is 11.3. The van der Waals surface area contributed by atoms with Crippen molar-refractivity contribution in [1.29, 1.82) is 0 Å². The van der Waals surface area contributed by atoms with E-state index in [-0.39, 0.29) is 17.9 Å². The number of hydrogen-bond donors (Lipinski definition) is 1. The number of carbonyl (C=O) groups excluding carboxylic acids is 1. The van der Waals surface area contributed by atoms with Crippen molar-refractivity contribution >= 4 is 5.91 Å². The highest BCUT2D eigenvalue weighted by Crippen LogP contribution is 2.31. The predicted octanol–water partition coefficient (Wildman–Crippen LogP) is 2.87. The first-order chi connectivity index (χ1) is 8.14. The summed E-state index contributed by atoms with van der Waals surface area (Å²) in [5.41, 5.74) is 5.81. The van der Waals surface area contributed by atoms with Gasteiger partial charge in [0.2, 0.25) is 5.91 Å². The average molecular weight is 249 g/mol. The molecule has 0 bridgehead atoms. The van der Waals surface area contributed by atoms with Crippen LogP contribution in [0.4, 0.5) is 0 Å². The first-order valence-electron chi connectivity index (χ1n) is 6.17. The van der Waals surface area contributed by atoms with E-state index in [1.54, 1.807) is 13.8 Å². The summed E-state index contributed by atoms with van der Waals surface area (Å²) in [6, 6.07) is 7.90. The van der Waals surface area contributed by atoms with E-state index in [4.69, 9.17) is 10.5 Å². The average Bonchev–Trinajstić information content (AvgIpc) is 2.25. The smallest absolute Gasteiger partial charge is 0.226 e. The van der Waals surface area contributed by atoms with Gasteiger partial charge >= 0.3 is 0 Å². The third kappa shape index (κ3) is 3.49. The van der Waals surface area contributed by atoms with Crippen molar-refractivity contribution in [3.8, 4) is 5.75 Å². The minimum Gasteiger partial charge on any atom is -0.492 e. The molecule has 1 aromatic rings. The topological polar surface area (TPSA) is 52.3 Å². The van der Waals surface area contributed by atoms with E-state index < -0.39 is 5.41 Å². The lowest BCUT2D eigenvalue weighted by molar-refractivity contribution is -0.127. The van der Waals surface area contributed by atoms with Crippen molar-refractivity contribution in [1.82, 2.24) is 0 Å². The molecular formula is C15H23NO2. The van der Waals surface area contributed by atoms with Crippen molar-refractivity contribution in [2.75, 3.05) is 6.61 Å². The molecule has 0 saturated carbocycles. The molecule has 0 fully saturated rings. The van der Waals surface area contributed by atoms with Crippen LogP contribution in [0.15, 0.2) is 24.3 Å². The Labute approximate surface area is 109 Å². The molecule has 0 saturated heterocycles. The molecule has 1 rings (SSSR count). The summed E-state index contributed by atoms with van der Waals surface area (Å²) in [5, 5.41) is 0. The Morgan fingerprint density at radius 1 is 1.17 bits per heavy atom. The second-order valence-corrected chi connectivity index (χ2v) is 6.28. The van der Waals surface area contributed by atoms with Gasteiger partial charge < -0.3 is 10.5 Å². The zero-order valence-corrected chi connectivity index (χ0v) is 11.9. The first-order valence-corrected chi connectivity index (χ1v) is 6.17. The number of nitrogens with two attached hydrogens (primary N) is 1. The van der Waals surface area contributed by atoms with Crippen LogP contribution in [0.25, 0.3) is 0 Å². The van der Waals surface area contributed by atoms with E-state index in [1.807, 2.05) is 24.3 Å². The van der Waals surface area contributed by atoms with Crippen LogP contribution in [-0.4, -0.2) is 12.5 Å². The van der Waals surface area contributed by atoms with Gasteiger partial charge in [0.25, 0.3) is 0 Å². The molecule has 18 heavy (non-hydrogen) atoms. The van der Waals surface area contributed by atoms with Gasteiger partial charge in [0, 0.05) is 0 Å². The van der Waals surface area contributed by atoms with Gasteiger partial charge in [0.1, 0.15) is 12.4 Å². The fraction of sp³-hybridized carbons (Fsp3) is 0.533. The second-order valence-electron chi connectivity index (χ2n) is 6.28. The normalized spacial score (nSPS) is 12.3. The molecule has 3 heteroatoms. The molecule has 1 aromatic carbocycles. The lowest BCUT2D eigenvalue weighted by atomic mass is 9.86. The van der Waals surface area contributed by atoms with Gasteiger partial charge in [-0.15, -0.1) is 0 Å². The van der Waals surface area contributed by atoms with Crippen LogP contribution < -0.4 is 10.5 Å². The lowest BCUT2D eigenvalue weighted by Gasteiger charge is -2.26. The van der Waals surface area contributed by atoms with Gasteiger partial charge in [0.15, 0.2) is 0 Å². The molecule has 0 aliphatic carbocycles. The molecule has 0 radical (unpaired) electrons. The zero-order chi connectivity index (χ0) is 14.0. The summed E-state index contributed by atoms with van der Waals surface area (Å²) in [6.45, 7) is 10.3. The number of primary amides is 1. The molecule has 1 amide bonds. The summed E-state index contributed by atoms with van der Waals surface area (Å²) in [7, 11) is 0. The fourth-order valence-corrected chi connectivity index (χ4v) is 1.54. The van der Waals surface area contributed by atoms with E-state index >= 15 is 0 Å². The summed E-state index contributed by atoms with van der Waals surface area (Å²) in [5.74, 6) is 0.468. The highest BCUT2D eigenvalue weighted by atomic mass is 16.5. The molecule has 3 nitrogen and oxygen atoms in total. The molecule has 0 aromatic heterocycles. The van der Waals surface area contributed by atoms with Crippen LogP contribution in [0, 0.1) is 5.41 Å². The Hall–Kier alpha value is -1.51. The highest BCUT2D eigenvalue weighted by molar-refractivity contribution is 5.80. The quantitative estimate of drug-likeness (QED) is 0.892. The third-order valence-electron chi connectivity index (χ3n) is 2.95. The van der Waals surface area contributed by atoms with Crippen LogP contribution in [0.5, 0.6) is 5.75 Å². The Balaban J connectivity index is 2.90. The lowest BCUT2D eigenvalue weighted by Crippen LogP contribution is -2.36. The van der Waals surface area contributed by atoms with Crippen molar-refractivity contribution in [3.05, 3.63) is 29.8 Å². The van der Waals surface area contributed by atoms with Crippen molar-refractivity contribution in [2.45, 2.75) is 40.0 Å². The Kier molecular flexibility index (Phi) is 4.05. The number of rotatable bonds is 4. The molecule has 0 aliphatic heterocycles. The van der Waals surface area contributed by atoms with E-state index in [9.17, 15) is 4.79 Å². The van der Waals surface area contributed by atoms with Crippen LogP contribution in [-0.2, 0) is 10.2 Å². The van der Waals surface area contributed by atoms with Crippen LogP contribution in [0.3, 0.4) is 0 Å². The van der Waals surface area contributed by atoms with Crippen molar-refractivity contribution in [3.63, 3.8) is 0 Å². The van der Waals surface area contributed by atoms with Gasteiger partial charge in [-0.1, -0.05) is 39.0 Å². The third-order valence-corrected chi connectivity index (χ3v) is 2.95. The van der Waals surface area contributed by atoms with Crippen LogP contribution >= 0.6 is 0 Å². The number of amides is 1. The number of carbonyl (C=O) groups is 1. The summed E-state index contributed by atoms with van der Waals surface area (Å²) < 4.78 is 5.79. The first kappa shape index (κ1) is 14.6. The van der Waals surface area contributed by atoms with E-state index in [0.717, 1.165) is 11.3 Å². The standard InChI is InChI=1S/C15H23NO2/c1-14(2,3)11-8-6-7-9-12(11)18-10-15(4,5)13(16)17/h6-9H,10H2,1-5H3,(H2,16,17). The summed E-state index contributed by atoms with van der Waals surface area (Å²) >= 11 is 0. The maximum Gasteiger partial charge on any atom is 0.226 e. The maximum absolute atomic E-state index is 11.3. The Bertz CT molecular complexity index is 430. The van der Waals surface area contributed by atoms with Crippen molar-refractivity contribution in [2.24, 2.45) is 11.1 Å². The molecule has 0 unspecified atom stereocenters. The molecule has 0 atom stereocenters. The summed E-state index contributed by atoms with van der Waals surface area (Å²) in [4.78, 5) is 11.3. The number of hydrogen-bond acceptors (Lipinski definition) is 2. The summed E-state index contributed by atoms with van der Waals surface area (Å²) in [6.07, 6.45) is 0. The van der Waals surface area contributed by atoms with Crippen LogP contribution in [0.2, 0.25) is 0 Å². The molecule has 0 aliphatic rings. The van der Waals surface area contributed by atoms with E-state index in [0.29, 0.717) is 0 Å². The number of benzene rings is 1.